The van der Waals surface area contributed by atoms with Gasteiger partial charge in [-0.1, -0.05) is 46.4 Å². The van der Waals surface area contributed by atoms with Crippen LogP contribution in [0.15, 0.2) is 10.1 Å². The van der Waals surface area contributed by atoms with Crippen molar-refractivity contribution in [3.8, 4) is 0 Å². The number of epoxide rings is 1. The molecule has 0 N–H and O–H groups in total. The summed E-state index contributed by atoms with van der Waals surface area (Å²) in [6, 6.07) is 0. The Morgan fingerprint density at radius 2 is 1.33 bits per heavy atom. The zero-order chi connectivity index (χ0) is 13.2. The van der Waals surface area contributed by atoms with Crippen molar-refractivity contribution >= 4 is 81.2 Å². The minimum absolute atomic E-state index is 0.0608. The van der Waals surface area contributed by atoms with E-state index in [1.165, 1.54) is 0 Å². The molecule has 0 amide bonds. The van der Waals surface area contributed by atoms with Gasteiger partial charge in [0.1, 0.15) is 15.9 Å². The Morgan fingerprint density at radius 1 is 0.833 bits per heavy atom. The number of alkyl halides is 5. The van der Waals surface area contributed by atoms with Crippen LogP contribution in [0.1, 0.15) is 0 Å². The van der Waals surface area contributed by atoms with Crippen LogP contribution in [-0.2, 0) is 4.74 Å². The molecule has 100 valence electrons. The molecule has 0 aromatic carbocycles. The van der Waals surface area contributed by atoms with Crippen LogP contribution in [0.3, 0.4) is 0 Å². The van der Waals surface area contributed by atoms with Crippen LogP contribution in [-0.4, -0.2) is 31.7 Å². The van der Waals surface area contributed by atoms with E-state index in [0.717, 1.165) is 0 Å². The van der Waals surface area contributed by atoms with Crippen LogP contribution in [0, 0.1) is 11.8 Å². The lowest BCUT2D eigenvalue weighted by Crippen LogP contribution is -2.46. The first kappa shape index (κ1) is 13.4. The van der Waals surface area contributed by atoms with Gasteiger partial charge in [-0.25, -0.2) is 0 Å². The lowest BCUT2D eigenvalue weighted by molar-refractivity contribution is 0.204. The number of halogens is 7. The summed E-state index contributed by atoms with van der Waals surface area (Å²) in [5.41, 5.74) is 0. The zero-order valence-corrected chi connectivity index (χ0v) is 13.7. The van der Waals surface area contributed by atoms with E-state index < -0.39 is 14.1 Å². The van der Waals surface area contributed by atoms with Gasteiger partial charge < -0.3 is 4.74 Å². The van der Waals surface area contributed by atoms with E-state index in [9.17, 15) is 0 Å². The summed E-state index contributed by atoms with van der Waals surface area (Å²) in [7, 11) is 0. The molecule has 1 saturated heterocycles. The SMILES string of the molecule is ClC1=C(Cl)[C@]2(Cl)[C@H]3[C@@H]4O[C@@H]4[C@H](Cl)[C@H]3[C@@]1(Cl)C2(Cl)Cl. The second-order valence-electron chi connectivity index (χ2n) is 5.19. The molecule has 3 aliphatic carbocycles. The first-order chi connectivity index (χ1) is 8.20. The molecule has 4 rings (SSSR count). The van der Waals surface area contributed by atoms with Gasteiger partial charge in [-0.2, -0.15) is 0 Å². The molecule has 3 fully saturated rings. The molecule has 0 aromatic rings. The third-order valence-electron chi connectivity index (χ3n) is 4.62. The fourth-order valence-corrected chi connectivity index (χ4v) is 7.49. The van der Waals surface area contributed by atoms with Crippen molar-refractivity contribution in [2.75, 3.05) is 0 Å². The third-order valence-corrected chi connectivity index (χ3v) is 9.44. The number of rotatable bonds is 0. The van der Waals surface area contributed by atoms with Gasteiger partial charge >= 0.3 is 0 Å². The van der Waals surface area contributed by atoms with E-state index in [0.29, 0.717) is 0 Å². The first-order valence-electron chi connectivity index (χ1n) is 5.32. The molecule has 4 aliphatic rings. The fraction of sp³-hybridized carbons (Fsp3) is 0.800. The minimum atomic E-state index is -1.50. The van der Waals surface area contributed by atoms with Crippen molar-refractivity contribution < 1.29 is 4.74 Å². The predicted molar refractivity (Wildman–Crippen MR) is 75.6 cm³/mol. The van der Waals surface area contributed by atoms with Crippen molar-refractivity contribution in [1.82, 2.24) is 0 Å². The number of ether oxygens (including phenoxy) is 1. The highest BCUT2D eigenvalue weighted by Crippen LogP contribution is 2.81. The molecule has 1 nitrogen and oxygen atoms in total. The van der Waals surface area contributed by atoms with Gasteiger partial charge in [0.2, 0.25) is 0 Å². The number of allylic oxidation sites excluding steroid dienone is 2. The van der Waals surface area contributed by atoms with Crippen molar-refractivity contribution in [3.63, 3.8) is 0 Å². The Balaban J connectivity index is 2.01. The average molecular weight is 389 g/mol. The topological polar surface area (TPSA) is 12.5 Å². The van der Waals surface area contributed by atoms with Crippen LogP contribution < -0.4 is 0 Å². The second kappa shape index (κ2) is 3.38. The lowest BCUT2D eigenvalue weighted by atomic mass is 9.83. The largest absolute Gasteiger partial charge is 0.368 e. The molecule has 2 saturated carbocycles. The van der Waals surface area contributed by atoms with Crippen molar-refractivity contribution in [1.29, 1.82) is 0 Å². The standard InChI is InChI=1S/C10H5Cl7O/c11-3-1-2(4-5(3)18-4)9(15)7(13)6(12)8(1,14)10(9,16)17/h1-5H/t1-,2+,3+,4-,5+,8-,9+/m0/s1. The maximum absolute atomic E-state index is 6.65. The Bertz CT molecular complexity index is 476. The van der Waals surface area contributed by atoms with Gasteiger partial charge in [0.05, 0.1) is 21.5 Å². The summed E-state index contributed by atoms with van der Waals surface area (Å²) >= 11 is 45.0. The smallest absolute Gasteiger partial charge is 0.166 e. The van der Waals surface area contributed by atoms with Gasteiger partial charge in [-0.3, -0.25) is 0 Å². The van der Waals surface area contributed by atoms with Gasteiger partial charge in [0, 0.05) is 11.8 Å². The lowest BCUT2D eigenvalue weighted by Gasteiger charge is -2.35. The molecule has 2 bridgehead atoms. The molecule has 1 heterocycles. The monoisotopic (exact) mass is 386 g/mol. The van der Waals surface area contributed by atoms with Crippen LogP contribution in [0.4, 0.5) is 0 Å². The molecular formula is C10H5Cl7O. The van der Waals surface area contributed by atoms with Gasteiger partial charge in [0.15, 0.2) is 4.33 Å². The van der Waals surface area contributed by atoms with Gasteiger partial charge in [-0.05, 0) is 0 Å². The second-order valence-corrected chi connectivity index (χ2v) is 8.97. The predicted octanol–water partition coefficient (Wildman–Crippen LogP) is 4.45. The van der Waals surface area contributed by atoms with E-state index in [-0.39, 0.29) is 39.5 Å². The van der Waals surface area contributed by atoms with Crippen LogP contribution in [0.5, 0.6) is 0 Å². The summed E-state index contributed by atoms with van der Waals surface area (Å²) < 4.78 is 4.00. The summed E-state index contributed by atoms with van der Waals surface area (Å²) in [6.07, 6.45) is -0.152. The highest BCUT2D eigenvalue weighted by molar-refractivity contribution is 6.66. The van der Waals surface area contributed by atoms with Crippen LogP contribution in [0.2, 0.25) is 0 Å². The quantitative estimate of drug-likeness (QED) is 0.441. The molecular weight excluding hydrogens is 384 g/mol. The van der Waals surface area contributed by atoms with Crippen LogP contribution >= 0.6 is 81.2 Å². The van der Waals surface area contributed by atoms with E-state index in [2.05, 4.69) is 0 Å². The molecule has 18 heavy (non-hydrogen) atoms. The number of hydrogen-bond acceptors (Lipinski definition) is 1. The molecule has 0 radical (unpaired) electrons. The molecule has 7 atom stereocenters. The number of hydrogen-bond donors (Lipinski definition) is 0. The van der Waals surface area contributed by atoms with Gasteiger partial charge in [-0.15, -0.1) is 34.8 Å². The van der Waals surface area contributed by atoms with E-state index in [1.807, 2.05) is 0 Å². The van der Waals surface area contributed by atoms with E-state index in [1.54, 1.807) is 0 Å². The molecule has 0 spiro atoms. The number of fused-ring (bicyclic) bond motifs is 7. The van der Waals surface area contributed by atoms with Crippen molar-refractivity contribution in [2.24, 2.45) is 11.8 Å². The molecule has 0 unspecified atom stereocenters. The minimum Gasteiger partial charge on any atom is -0.368 e. The van der Waals surface area contributed by atoms with E-state index >= 15 is 0 Å². The fourth-order valence-electron chi connectivity index (χ4n) is 3.80. The average Bonchev–Trinajstić information content (AvgIpc) is 2.98. The zero-order valence-electron chi connectivity index (χ0n) is 8.44. The van der Waals surface area contributed by atoms with Crippen LogP contribution in [0.25, 0.3) is 0 Å². The molecule has 1 aliphatic heterocycles. The van der Waals surface area contributed by atoms with Crippen molar-refractivity contribution in [2.45, 2.75) is 31.7 Å². The Hall–Kier alpha value is 1.73. The summed E-state index contributed by atoms with van der Waals surface area (Å²) in [5, 5.41) is 0.111. The van der Waals surface area contributed by atoms with Gasteiger partial charge in [0.25, 0.3) is 0 Å². The third kappa shape index (κ3) is 1.02. The Morgan fingerprint density at radius 3 is 1.89 bits per heavy atom. The Labute approximate surface area is 139 Å². The molecule has 8 heteroatoms. The summed E-state index contributed by atoms with van der Waals surface area (Å²) in [6.45, 7) is 0. The summed E-state index contributed by atoms with van der Waals surface area (Å²) in [4.78, 5) is -2.48. The highest BCUT2D eigenvalue weighted by atomic mass is 35.5. The summed E-state index contributed by atoms with van der Waals surface area (Å²) in [5.74, 6) is -0.457. The maximum Gasteiger partial charge on any atom is 0.166 e. The van der Waals surface area contributed by atoms with E-state index in [4.69, 9.17) is 85.9 Å². The Kier molecular flexibility index (Phi) is 2.52. The normalized spacial score (nSPS) is 63.2. The molecule has 0 aromatic heterocycles. The first-order valence-corrected chi connectivity index (χ1v) is 8.02. The maximum atomic E-state index is 6.65. The van der Waals surface area contributed by atoms with Crippen molar-refractivity contribution in [3.05, 3.63) is 10.1 Å². The highest BCUT2D eigenvalue weighted by Gasteiger charge is 2.89.